The Kier molecular flexibility index (Phi) is 4.65. The van der Waals surface area contributed by atoms with Crippen LogP contribution in [-0.4, -0.2) is 29.3 Å². The minimum absolute atomic E-state index is 0.214. The zero-order valence-corrected chi connectivity index (χ0v) is 11.6. The lowest BCUT2D eigenvalue weighted by Crippen LogP contribution is -2.45. The van der Waals surface area contributed by atoms with E-state index < -0.39 is 0 Å². The summed E-state index contributed by atoms with van der Waals surface area (Å²) in [6.45, 7) is 2.73. The third kappa shape index (κ3) is 3.26. The van der Waals surface area contributed by atoms with Crippen LogP contribution in [0, 0.1) is 6.92 Å². The summed E-state index contributed by atoms with van der Waals surface area (Å²) in [5.74, 6) is 0.738. The van der Waals surface area contributed by atoms with Crippen molar-refractivity contribution in [3.8, 4) is 0 Å². The number of hydrogen-bond acceptors (Lipinski definition) is 1. The Morgan fingerprint density at radius 3 is 2.78 bits per heavy atom. The molecule has 1 aliphatic rings. The second-order valence-corrected chi connectivity index (χ2v) is 5.40. The van der Waals surface area contributed by atoms with E-state index in [4.69, 9.17) is 11.6 Å². The fourth-order valence-corrected chi connectivity index (χ4v) is 2.58. The highest BCUT2D eigenvalue weighted by Gasteiger charge is 2.27. The van der Waals surface area contributed by atoms with Gasteiger partial charge in [0.15, 0.2) is 0 Å². The molecule has 18 heavy (non-hydrogen) atoms. The van der Waals surface area contributed by atoms with E-state index >= 15 is 0 Å². The van der Waals surface area contributed by atoms with Crippen molar-refractivity contribution < 1.29 is 4.79 Å². The zero-order valence-electron chi connectivity index (χ0n) is 10.9. The van der Waals surface area contributed by atoms with Crippen LogP contribution in [0.3, 0.4) is 0 Å². The molecule has 1 fully saturated rings. The van der Waals surface area contributed by atoms with Gasteiger partial charge < -0.3 is 4.90 Å². The maximum absolute atomic E-state index is 12.3. The summed E-state index contributed by atoms with van der Waals surface area (Å²) in [5.41, 5.74) is 2.30. The monoisotopic (exact) mass is 265 g/mol. The summed E-state index contributed by atoms with van der Waals surface area (Å²) in [6, 6.07) is 8.59. The zero-order chi connectivity index (χ0) is 13.0. The third-order valence-electron chi connectivity index (χ3n) is 3.60. The summed E-state index contributed by atoms with van der Waals surface area (Å²) in [4.78, 5) is 14.3. The first-order valence-corrected chi connectivity index (χ1v) is 7.15. The molecule has 0 aromatic heterocycles. The van der Waals surface area contributed by atoms with Crippen LogP contribution < -0.4 is 0 Å². The van der Waals surface area contributed by atoms with Gasteiger partial charge in [-0.3, -0.25) is 4.79 Å². The topological polar surface area (TPSA) is 20.3 Å². The van der Waals surface area contributed by atoms with Crippen molar-refractivity contribution in [2.45, 2.75) is 38.6 Å². The number of halogens is 1. The molecular formula is C15H20ClNO. The van der Waals surface area contributed by atoms with Crippen molar-refractivity contribution in [2.24, 2.45) is 0 Å². The van der Waals surface area contributed by atoms with Crippen LogP contribution in [0.5, 0.6) is 0 Å². The molecule has 0 radical (unpaired) electrons. The van der Waals surface area contributed by atoms with Crippen molar-refractivity contribution in [1.29, 1.82) is 0 Å². The summed E-state index contributed by atoms with van der Waals surface area (Å²) in [5, 5.41) is 0. The molecule has 0 unspecified atom stereocenters. The molecule has 1 amide bonds. The van der Waals surface area contributed by atoms with Gasteiger partial charge in [-0.2, -0.15) is 0 Å². The average Bonchev–Trinajstić information content (AvgIpc) is 2.26. The van der Waals surface area contributed by atoms with Crippen LogP contribution in [0.25, 0.3) is 0 Å². The predicted octanol–water partition coefficient (Wildman–Crippen LogP) is 3.16. The molecule has 0 N–H and O–H groups in total. The quantitative estimate of drug-likeness (QED) is 0.749. The van der Waals surface area contributed by atoms with E-state index in [1.165, 1.54) is 12.0 Å². The minimum atomic E-state index is 0.214. The van der Waals surface area contributed by atoms with Crippen LogP contribution >= 0.6 is 11.6 Å². The lowest BCUT2D eigenvalue weighted by molar-refractivity contribution is -0.134. The lowest BCUT2D eigenvalue weighted by Gasteiger charge is -2.37. The molecule has 0 heterocycles. The fourth-order valence-electron chi connectivity index (χ4n) is 2.40. The Bertz CT molecular complexity index is 415. The van der Waals surface area contributed by atoms with Crippen molar-refractivity contribution in [3.05, 3.63) is 35.4 Å². The average molecular weight is 266 g/mol. The molecule has 2 rings (SSSR count). The van der Waals surface area contributed by atoms with Gasteiger partial charge in [0.1, 0.15) is 0 Å². The number of nitrogens with zero attached hydrogens (tertiary/aromatic N) is 1. The molecule has 1 aromatic carbocycles. The molecule has 98 valence electrons. The Hall–Kier alpha value is -1.02. The van der Waals surface area contributed by atoms with E-state index in [1.807, 2.05) is 17.0 Å². The molecule has 2 nitrogen and oxygen atoms in total. The first kappa shape index (κ1) is 13.4. The van der Waals surface area contributed by atoms with Gasteiger partial charge in [0, 0.05) is 18.5 Å². The van der Waals surface area contributed by atoms with E-state index in [-0.39, 0.29) is 5.91 Å². The minimum Gasteiger partial charge on any atom is -0.338 e. The summed E-state index contributed by atoms with van der Waals surface area (Å²) < 4.78 is 0. The number of carbonyl (C=O) groups excluding carboxylic acids is 1. The van der Waals surface area contributed by atoms with E-state index in [2.05, 4.69) is 19.1 Å². The van der Waals surface area contributed by atoms with Gasteiger partial charge in [0.05, 0.1) is 6.42 Å². The highest BCUT2D eigenvalue weighted by atomic mass is 35.5. The van der Waals surface area contributed by atoms with Gasteiger partial charge in [0.25, 0.3) is 0 Å². The Morgan fingerprint density at radius 2 is 2.22 bits per heavy atom. The van der Waals surface area contributed by atoms with E-state index in [0.717, 1.165) is 18.4 Å². The SMILES string of the molecule is Cc1cccc(CC(=O)N(CCCl)C2CCC2)c1. The Labute approximate surface area is 114 Å². The number of rotatable bonds is 5. The number of hydrogen-bond donors (Lipinski definition) is 0. The number of alkyl halides is 1. The number of benzene rings is 1. The van der Waals surface area contributed by atoms with E-state index in [9.17, 15) is 4.79 Å². The summed E-state index contributed by atoms with van der Waals surface area (Å²) >= 11 is 5.80. The molecule has 0 saturated heterocycles. The van der Waals surface area contributed by atoms with Gasteiger partial charge >= 0.3 is 0 Å². The van der Waals surface area contributed by atoms with Gasteiger partial charge in [-0.1, -0.05) is 29.8 Å². The van der Waals surface area contributed by atoms with E-state index in [1.54, 1.807) is 0 Å². The van der Waals surface area contributed by atoms with Crippen LogP contribution in [0.1, 0.15) is 30.4 Å². The summed E-state index contributed by atoms with van der Waals surface area (Å²) in [7, 11) is 0. The molecule has 0 spiro atoms. The largest absolute Gasteiger partial charge is 0.338 e. The molecule has 0 bridgehead atoms. The van der Waals surface area contributed by atoms with Gasteiger partial charge in [-0.05, 0) is 31.7 Å². The Balaban J connectivity index is 2.00. The number of amides is 1. The summed E-state index contributed by atoms with van der Waals surface area (Å²) in [6.07, 6.45) is 4.00. The van der Waals surface area contributed by atoms with Crippen LogP contribution in [0.4, 0.5) is 0 Å². The molecule has 0 aliphatic heterocycles. The standard InChI is InChI=1S/C15H20ClNO/c1-12-4-2-5-13(10-12)11-15(18)17(9-8-16)14-6-3-7-14/h2,4-5,10,14H,3,6-9,11H2,1H3. The van der Waals surface area contributed by atoms with Crippen LogP contribution in [0.15, 0.2) is 24.3 Å². The maximum atomic E-state index is 12.3. The number of aryl methyl sites for hydroxylation is 1. The second kappa shape index (κ2) is 6.24. The number of carbonyl (C=O) groups is 1. The Morgan fingerprint density at radius 1 is 1.44 bits per heavy atom. The normalized spacial score (nSPS) is 15.2. The van der Waals surface area contributed by atoms with Gasteiger partial charge in [-0.25, -0.2) is 0 Å². The molecular weight excluding hydrogens is 246 g/mol. The van der Waals surface area contributed by atoms with Crippen LogP contribution in [0.2, 0.25) is 0 Å². The van der Waals surface area contributed by atoms with E-state index in [0.29, 0.717) is 24.9 Å². The van der Waals surface area contributed by atoms with Gasteiger partial charge in [0.2, 0.25) is 5.91 Å². The first-order valence-electron chi connectivity index (χ1n) is 6.61. The molecule has 3 heteroatoms. The second-order valence-electron chi connectivity index (χ2n) is 5.03. The van der Waals surface area contributed by atoms with Crippen LogP contribution in [-0.2, 0) is 11.2 Å². The molecule has 1 saturated carbocycles. The predicted molar refractivity (Wildman–Crippen MR) is 75.0 cm³/mol. The van der Waals surface area contributed by atoms with Crippen molar-refractivity contribution >= 4 is 17.5 Å². The van der Waals surface area contributed by atoms with Crippen molar-refractivity contribution in [2.75, 3.05) is 12.4 Å². The van der Waals surface area contributed by atoms with Gasteiger partial charge in [-0.15, -0.1) is 11.6 Å². The molecule has 1 aliphatic carbocycles. The maximum Gasteiger partial charge on any atom is 0.227 e. The lowest BCUT2D eigenvalue weighted by atomic mass is 9.91. The molecule has 1 aromatic rings. The fraction of sp³-hybridized carbons (Fsp3) is 0.533. The third-order valence-corrected chi connectivity index (χ3v) is 3.77. The first-order chi connectivity index (χ1) is 8.70. The highest BCUT2D eigenvalue weighted by molar-refractivity contribution is 6.18. The van der Waals surface area contributed by atoms with Crippen molar-refractivity contribution in [1.82, 2.24) is 4.90 Å². The smallest absolute Gasteiger partial charge is 0.227 e. The molecule has 0 atom stereocenters. The highest BCUT2D eigenvalue weighted by Crippen LogP contribution is 2.25. The van der Waals surface area contributed by atoms with Crippen molar-refractivity contribution in [3.63, 3.8) is 0 Å².